The lowest BCUT2D eigenvalue weighted by Crippen LogP contribution is -2.51. The zero-order valence-corrected chi connectivity index (χ0v) is 15.9. The highest BCUT2D eigenvalue weighted by Crippen LogP contribution is 2.16. The fourth-order valence-corrected chi connectivity index (χ4v) is 3.01. The largest absolute Gasteiger partial charge is 0.353 e. The van der Waals surface area contributed by atoms with Crippen LogP contribution in [-0.2, 0) is 4.79 Å². The van der Waals surface area contributed by atoms with Crippen LogP contribution in [0.15, 0.2) is 41.0 Å². The minimum atomic E-state index is -0.962. The third kappa shape index (κ3) is 4.79. The molecule has 9 heteroatoms. The summed E-state index contributed by atoms with van der Waals surface area (Å²) in [6, 6.07) is 6.48. The molecule has 1 fully saturated rings. The smallest absolute Gasteiger partial charge is 0.254 e. The molecule has 3 rings (SSSR count). The van der Waals surface area contributed by atoms with E-state index in [-0.39, 0.29) is 18.0 Å². The third-order valence-corrected chi connectivity index (χ3v) is 4.71. The fourth-order valence-electron chi connectivity index (χ4n) is 2.78. The third-order valence-electron chi connectivity index (χ3n) is 4.24. The number of anilines is 1. The highest BCUT2D eigenvalue weighted by molar-refractivity contribution is 9.10. The van der Waals surface area contributed by atoms with E-state index in [9.17, 15) is 18.4 Å². The topological polar surface area (TPSA) is 65.5 Å². The standard InChI is InChI=1S/C18H17BrF2N4O2/c19-12-1-4-16(22-10-12)24-5-7-25(8-6-24)17(26)11-23-18(27)14-3-2-13(20)9-15(14)21/h1-4,9-10H,5-8,11H2,(H,23,27). The fraction of sp³-hybridized carbons (Fsp3) is 0.278. The van der Waals surface area contributed by atoms with Gasteiger partial charge < -0.3 is 15.1 Å². The Morgan fingerprint density at radius 3 is 2.48 bits per heavy atom. The average Bonchev–Trinajstić information content (AvgIpc) is 2.66. The van der Waals surface area contributed by atoms with E-state index in [0.717, 1.165) is 22.4 Å². The lowest BCUT2D eigenvalue weighted by atomic mass is 10.2. The van der Waals surface area contributed by atoms with Crippen LogP contribution < -0.4 is 10.2 Å². The van der Waals surface area contributed by atoms with Crippen molar-refractivity contribution in [3.63, 3.8) is 0 Å². The number of halogens is 3. The van der Waals surface area contributed by atoms with Crippen molar-refractivity contribution in [3.8, 4) is 0 Å². The number of piperazine rings is 1. The monoisotopic (exact) mass is 438 g/mol. The molecule has 2 aromatic rings. The van der Waals surface area contributed by atoms with Crippen molar-refractivity contribution in [1.82, 2.24) is 15.2 Å². The Morgan fingerprint density at radius 2 is 1.85 bits per heavy atom. The molecule has 0 unspecified atom stereocenters. The van der Waals surface area contributed by atoms with Gasteiger partial charge >= 0.3 is 0 Å². The first-order valence-electron chi connectivity index (χ1n) is 8.31. The molecule has 1 saturated heterocycles. The molecule has 1 aliphatic heterocycles. The van der Waals surface area contributed by atoms with E-state index in [0.29, 0.717) is 32.2 Å². The minimum absolute atomic E-state index is 0.244. The lowest BCUT2D eigenvalue weighted by molar-refractivity contribution is -0.130. The molecule has 1 aromatic carbocycles. The highest BCUT2D eigenvalue weighted by Gasteiger charge is 2.22. The number of rotatable bonds is 4. The number of carbonyl (C=O) groups is 2. The number of nitrogens with zero attached hydrogens (tertiary/aromatic N) is 3. The number of carbonyl (C=O) groups excluding carboxylic acids is 2. The van der Waals surface area contributed by atoms with Crippen LogP contribution in [0.1, 0.15) is 10.4 Å². The molecule has 1 aromatic heterocycles. The van der Waals surface area contributed by atoms with Crippen LogP contribution in [0.4, 0.5) is 14.6 Å². The average molecular weight is 439 g/mol. The van der Waals surface area contributed by atoms with Gasteiger partial charge in [-0.05, 0) is 40.2 Å². The molecule has 6 nitrogen and oxygen atoms in total. The lowest BCUT2D eigenvalue weighted by Gasteiger charge is -2.35. The predicted octanol–water partition coefficient (Wildman–Crippen LogP) is 2.20. The van der Waals surface area contributed by atoms with E-state index < -0.39 is 17.5 Å². The van der Waals surface area contributed by atoms with Crippen LogP contribution in [0.3, 0.4) is 0 Å². The Bertz CT molecular complexity index is 840. The van der Waals surface area contributed by atoms with Crippen molar-refractivity contribution in [2.75, 3.05) is 37.6 Å². The number of hydrogen-bond acceptors (Lipinski definition) is 4. The quantitative estimate of drug-likeness (QED) is 0.794. The zero-order chi connectivity index (χ0) is 19.4. The molecule has 1 N–H and O–H groups in total. The number of benzene rings is 1. The van der Waals surface area contributed by atoms with E-state index in [1.807, 2.05) is 12.1 Å². The molecule has 0 saturated carbocycles. The van der Waals surface area contributed by atoms with Gasteiger partial charge in [-0.3, -0.25) is 9.59 Å². The van der Waals surface area contributed by atoms with Gasteiger partial charge in [0.1, 0.15) is 17.5 Å². The first-order valence-corrected chi connectivity index (χ1v) is 9.11. The van der Waals surface area contributed by atoms with E-state index in [4.69, 9.17) is 0 Å². The van der Waals surface area contributed by atoms with E-state index in [2.05, 4.69) is 31.1 Å². The summed E-state index contributed by atoms with van der Waals surface area (Å²) in [6.45, 7) is 2.00. The molecular formula is C18H17BrF2N4O2. The molecular weight excluding hydrogens is 422 g/mol. The van der Waals surface area contributed by atoms with E-state index in [1.165, 1.54) is 0 Å². The van der Waals surface area contributed by atoms with Crippen molar-refractivity contribution < 1.29 is 18.4 Å². The van der Waals surface area contributed by atoms with Crippen LogP contribution >= 0.6 is 15.9 Å². The summed E-state index contributed by atoms with van der Waals surface area (Å²) in [7, 11) is 0. The van der Waals surface area contributed by atoms with Crippen molar-refractivity contribution in [2.24, 2.45) is 0 Å². The molecule has 0 aliphatic carbocycles. The highest BCUT2D eigenvalue weighted by atomic mass is 79.9. The van der Waals surface area contributed by atoms with Gasteiger partial charge in [0.05, 0.1) is 12.1 Å². The van der Waals surface area contributed by atoms with Crippen LogP contribution in [0.25, 0.3) is 0 Å². The van der Waals surface area contributed by atoms with Gasteiger partial charge in [0.25, 0.3) is 5.91 Å². The number of nitrogens with one attached hydrogen (secondary N) is 1. The molecule has 2 amide bonds. The Morgan fingerprint density at radius 1 is 1.11 bits per heavy atom. The molecule has 142 valence electrons. The number of amides is 2. The number of aromatic nitrogens is 1. The Balaban J connectivity index is 1.49. The van der Waals surface area contributed by atoms with Crippen LogP contribution in [0.5, 0.6) is 0 Å². The molecule has 0 bridgehead atoms. The van der Waals surface area contributed by atoms with Gasteiger partial charge in [-0.2, -0.15) is 0 Å². The van der Waals surface area contributed by atoms with Gasteiger partial charge in [-0.15, -0.1) is 0 Å². The first kappa shape index (κ1) is 19.2. The summed E-state index contributed by atoms with van der Waals surface area (Å²) in [4.78, 5) is 32.3. The van der Waals surface area contributed by atoms with Crippen molar-refractivity contribution in [1.29, 1.82) is 0 Å². The Hall–Kier alpha value is -2.55. The second-order valence-electron chi connectivity index (χ2n) is 6.01. The van der Waals surface area contributed by atoms with Crippen LogP contribution in [-0.4, -0.2) is 54.4 Å². The first-order chi connectivity index (χ1) is 12.9. The van der Waals surface area contributed by atoms with E-state index >= 15 is 0 Å². The summed E-state index contributed by atoms with van der Waals surface area (Å²) in [5.41, 5.74) is -0.296. The molecule has 27 heavy (non-hydrogen) atoms. The van der Waals surface area contributed by atoms with Gasteiger partial charge in [0, 0.05) is 42.9 Å². The maximum Gasteiger partial charge on any atom is 0.254 e. The zero-order valence-electron chi connectivity index (χ0n) is 14.3. The number of hydrogen-bond donors (Lipinski definition) is 1. The summed E-state index contributed by atoms with van der Waals surface area (Å²) in [5.74, 6) is -1.90. The Labute approximate surface area is 163 Å². The van der Waals surface area contributed by atoms with E-state index in [1.54, 1.807) is 11.1 Å². The summed E-state index contributed by atoms with van der Waals surface area (Å²) in [5, 5.41) is 2.38. The summed E-state index contributed by atoms with van der Waals surface area (Å²) < 4.78 is 27.4. The molecule has 2 heterocycles. The minimum Gasteiger partial charge on any atom is -0.353 e. The van der Waals surface area contributed by atoms with Gasteiger partial charge in [-0.25, -0.2) is 13.8 Å². The molecule has 1 aliphatic rings. The molecule has 0 radical (unpaired) electrons. The molecule has 0 atom stereocenters. The second-order valence-corrected chi connectivity index (χ2v) is 6.92. The predicted molar refractivity (Wildman–Crippen MR) is 99.4 cm³/mol. The second kappa shape index (κ2) is 8.43. The van der Waals surface area contributed by atoms with Crippen LogP contribution in [0.2, 0.25) is 0 Å². The van der Waals surface area contributed by atoms with Crippen LogP contribution in [0, 0.1) is 11.6 Å². The maximum absolute atomic E-state index is 13.6. The van der Waals surface area contributed by atoms with Crippen molar-refractivity contribution in [2.45, 2.75) is 0 Å². The van der Waals surface area contributed by atoms with Crippen molar-refractivity contribution >= 4 is 33.6 Å². The van der Waals surface area contributed by atoms with Gasteiger partial charge in [0.2, 0.25) is 5.91 Å². The van der Waals surface area contributed by atoms with Gasteiger partial charge in [-0.1, -0.05) is 0 Å². The Kier molecular flexibility index (Phi) is 6.00. The summed E-state index contributed by atoms with van der Waals surface area (Å²) >= 11 is 3.34. The normalized spacial score (nSPS) is 14.2. The summed E-state index contributed by atoms with van der Waals surface area (Å²) in [6.07, 6.45) is 1.72. The van der Waals surface area contributed by atoms with Gasteiger partial charge in [0.15, 0.2) is 0 Å². The molecule has 0 spiro atoms. The number of pyridine rings is 1. The van der Waals surface area contributed by atoms with Crippen molar-refractivity contribution in [3.05, 3.63) is 58.2 Å². The SMILES string of the molecule is O=C(NCC(=O)N1CCN(c2ccc(Br)cn2)CC1)c1ccc(F)cc1F. The maximum atomic E-state index is 13.6.